The standard InChI is InChI=1S/C18H9Cl2NO5S/c19-14-8-7-11(9-15(14)20)27(24,25)26-21-17(22)12-5-1-3-10-4-2-6-13(16(10)12)18(21)23/h1-9H. The molecule has 0 N–H and O–H groups in total. The number of rotatable bonds is 3. The van der Waals surface area contributed by atoms with Gasteiger partial charge in [0.25, 0.3) is 11.8 Å². The summed E-state index contributed by atoms with van der Waals surface area (Å²) in [4.78, 5) is 25.1. The summed E-state index contributed by atoms with van der Waals surface area (Å²) in [7, 11) is -4.50. The highest BCUT2D eigenvalue weighted by Crippen LogP contribution is 2.32. The van der Waals surface area contributed by atoms with Gasteiger partial charge < -0.3 is 0 Å². The molecule has 4 rings (SSSR count). The molecule has 0 saturated carbocycles. The van der Waals surface area contributed by atoms with Gasteiger partial charge >= 0.3 is 10.1 Å². The van der Waals surface area contributed by atoms with Crippen molar-refractivity contribution in [3.8, 4) is 0 Å². The Hall–Kier alpha value is -2.45. The molecule has 136 valence electrons. The predicted molar refractivity (Wildman–Crippen MR) is 99.2 cm³/mol. The van der Waals surface area contributed by atoms with E-state index in [0.717, 1.165) is 12.1 Å². The summed E-state index contributed by atoms with van der Waals surface area (Å²) in [6.07, 6.45) is 0. The van der Waals surface area contributed by atoms with Crippen LogP contribution in [-0.2, 0) is 14.4 Å². The highest BCUT2D eigenvalue weighted by molar-refractivity contribution is 7.86. The maximum absolute atomic E-state index is 12.7. The minimum Gasteiger partial charge on any atom is -0.266 e. The van der Waals surface area contributed by atoms with Gasteiger partial charge in [-0.05, 0) is 35.7 Å². The maximum Gasteiger partial charge on any atom is 0.318 e. The first-order chi connectivity index (χ1) is 12.8. The fourth-order valence-corrected chi connectivity index (χ4v) is 4.13. The van der Waals surface area contributed by atoms with Gasteiger partial charge in [-0.1, -0.05) is 47.5 Å². The Bertz CT molecular complexity index is 1190. The Kier molecular flexibility index (Phi) is 4.20. The van der Waals surface area contributed by atoms with Crippen LogP contribution in [0.2, 0.25) is 10.0 Å². The first-order valence-corrected chi connectivity index (χ1v) is 9.76. The van der Waals surface area contributed by atoms with E-state index >= 15 is 0 Å². The molecular formula is C18H9Cl2NO5S. The third-order valence-electron chi connectivity index (χ3n) is 4.09. The molecule has 2 amide bonds. The van der Waals surface area contributed by atoms with Crippen molar-refractivity contribution in [3.05, 3.63) is 75.8 Å². The van der Waals surface area contributed by atoms with Gasteiger partial charge in [-0.2, -0.15) is 8.42 Å². The van der Waals surface area contributed by atoms with Crippen LogP contribution < -0.4 is 0 Å². The van der Waals surface area contributed by atoms with E-state index in [-0.39, 0.29) is 31.1 Å². The summed E-state index contributed by atoms with van der Waals surface area (Å²) in [6, 6.07) is 13.3. The molecule has 0 fully saturated rings. The molecule has 0 atom stereocenters. The quantitative estimate of drug-likeness (QED) is 0.595. The molecule has 9 heteroatoms. The highest BCUT2D eigenvalue weighted by Gasteiger charge is 2.37. The highest BCUT2D eigenvalue weighted by atomic mass is 35.5. The van der Waals surface area contributed by atoms with Crippen LogP contribution >= 0.6 is 23.2 Å². The second-order valence-corrected chi connectivity index (χ2v) is 8.06. The van der Waals surface area contributed by atoms with E-state index in [1.807, 2.05) is 0 Å². The zero-order valence-corrected chi connectivity index (χ0v) is 15.7. The van der Waals surface area contributed by atoms with E-state index in [0.29, 0.717) is 10.8 Å². The molecule has 3 aromatic rings. The largest absolute Gasteiger partial charge is 0.318 e. The van der Waals surface area contributed by atoms with Gasteiger partial charge in [-0.25, -0.2) is 0 Å². The van der Waals surface area contributed by atoms with E-state index < -0.39 is 21.9 Å². The SMILES string of the molecule is O=C1c2cccc3cccc(c23)C(=O)N1OS(=O)(=O)c1ccc(Cl)c(Cl)c1. The Morgan fingerprint density at radius 3 is 1.96 bits per heavy atom. The lowest BCUT2D eigenvalue weighted by Crippen LogP contribution is -2.41. The molecule has 0 radical (unpaired) electrons. The van der Waals surface area contributed by atoms with Crippen LogP contribution in [-0.4, -0.2) is 25.3 Å². The van der Waals surface area contributed by atoms with Crippen LogP contribution in [0.3, 0.4) is 0 Å². The summed E-state index contributed by atoms with van der Waals surface area (Å²) < 4.78 is 30.0. The molecule has 0 saturated heterocycles. The predicted octanol–water partition coefficient (Wildman–Crippen LogP) is 4.06. The zero-order chi connectivity index (χ0) is 19.3. The van der Waals surface area contributed by atoms with E-state index in [2.05, 4.69) is 0 Å². The van der Waals surface area contributed by atoms with Crippen molar-refractivity contribution in [2.45, 2.75) is 4.90 Å². The first kappa shape index (κ1) is 17.9. The van der Waals surface area contributed by atoms with Crippen LogP contribution in [0.4, 0.5) is 0 Å². The number of nitrogens with zero attached hydrogens (tertiary/aromatic N) is 1. The zero-order valence-electron chi connectivity index (χ0n) is 13.3. The number of halogens is 2. The summed E-state index contributed by atoms with van der Waals surface area (Å²) in [5, 5.41) is 1.55. The van der Waals surface area contributed by atoms with Gasteiger partial charge in [-0.3, -0.25) is 9.59 Å². The lowest BCUT2D eigenvalue weighted by molar-refractivity contribution is -0.0155. The number of hydrogen-bond acceptors (Lipinski definition) is 5. The van der Waals surface area contributed by atoms with Crippen molar-refractivity contribution in [2.75, 3.05) is 0 Å². The molecule has 1 aliphatic heterocycles. The summed E-state index contributed by atoms with van der Waals surface area (Å²) >= 11 is 11.6. The van der Waals surface area contributed by atoms with Crippen molar-refractivity contribution in [3.63, 3.8) is 0 Å². The van der Waals surface area contributed by atoms with Crippen molar-refractivity contribution < 1.29 is 22.3 Å². The number of hydrogen-bond donors (Lipinski definition) is 0. The van der Waals surface area contributed by atoms with Gasteiger partial charge in [0.15, 0.2) is 0 Å². The minimum atomic E-state index is -4.50. The summed E-state index contributed by atoms with van der Waals surface area (Å²) in [5.74, 6) is -1.74. The maximum atomic E-state index is 12.7. The number of imide groups is 1. The normalized spacial score (nSPS) is 14.1. The lowest BCUT2D eigenvalue weighted by atomic mass is 9.95. The van der Waals surface area contributed by atoms with Crippen molar-refractivity contribution in [2.24, 2.45) is 0 Å². The van der Waals surface area contributed by atoms with Crippen LogP contribution in [0.1, 0.15) is 20.7 Å². The van der Waals surface area contributed by atoms with Crippen LogP contribution in [0.25, 0.3) is 10.8 Å². The van der Waals surface area contributed by atoms with E-state index in [9.17, 15) is 18.0 Å². The van der Waals surface area contributed by atoms with Gasteiger partial charge in [0.2, 0.25) is 0 Å². The number of carbonyl (C=O) groups is 2. The Balaban J connectivity index is 1.78. The molecule has 3 aromatic carbocycles. The van der Waals surface area contributed by atoms with Gasteiger partial charge in [-0.15, -0.1) is 9.35 Å². The molecule has 0 spiro atoms. The van der Waals surface area contributed by atoms with E-state index in [1.165, 1.54) is 18.2 Å². The molecule has 0 bridgehead atoms. The number of carbonyl (C=O) groups excluding carboxylic acids is 2. The lowest BCUT2D eigenvalue weighted by Gasteiger charge is -2.25. The van der Waals surface area contributed by atoms with Crippen molar-refractivity contribution in [1.82, 2.24) is 5.06 Å². The fourth-order valence-electron chi connectivity index (χ4n) is 2.85. The average molecular weight is 422 g/mol. The third-order valence-corrected chi connectivity index (χ3v) is 6.00. The molecule has 1 aliphatic rings. The Labute approximate surface area is 163 Å². The second-order valence-electron chi connectivity index (χ2n) is 5.72. The molecule has 6 nitrogen and oxygen atoms in total. The van der Waals surface area contributed by atoms with E-state index in [1.54, 1.807) is 24.3 Å². The Morgan fingerprint density at radius 2 is 1.41 bits per heavy atom. The third kappa shape index (κ3) is 2.89. The fraction of sp³-hybridized carbons (Fsp3) is 0. The smallest absolute Gasteiger partial charge is 0.266 e. The number of hydroxylamine groups is 2. The second kappa shape index (κ2) is 6.31. The summed E-state index contributed by atoms with van der Waals surface area (Å²) in [6.45, 7) is 0. The van der Waals surface area contributed by atoms with E-state index in [4.69, 9.17) is 27.5 Å². The van der Waals surface area contributed by atoms with Crippen LogP contribution in [0.5, 0.6) is 0 Å². The molecular weight excluding hydrogens is 413 g/mol. The van der Waals surface area contributed by atoms with Crippen molar-refractivity contribution in [1.29, 1.82) is 0 Å². The van der Waals surface area contributed by atoms with Gasteiger partial charge in [0, 0.05) is 5.39 Å². The minimum absolute atomic E-state index is 0.00671. The molecule has 27 heavy (non-hydrogen) atoms. The average Bonchev–Trinajstić information content (AvgIpc) is 2.65. The van der Waals surface area contributed by atoms with Gasteiger partial charge in [0.1, 0.15) is 0 Å². The Morgan fingerprint density at radius 1 is 0.815 bits per heavy atom. The van der Waals surface area contributed by atoms with Gasteiger partial charge in [0.05, 0.1) is 26.1 Å². The van der Waals surface area contributed by atoms with Crippen LogP contribution in [0.15, 0.2) is 59.5 Å². The van der Waals surface area contributed by atoms with Crippen molar-refractivity contribution >= 4 is 55.9 Å². The molecule has 0 unspecified atom stereocenters. The molecule has 0 aliphatic carbocycles. The number of benzene rings is 3. The first-order valence-electron chi connectivity index (χ1n) is 7.60. The summed E-state index contributed by atoms with van der Waals surface area (Å²) in [5.41, 5.74) is 0.346. The topological polar surface area (TPSA) is 80.8 Å². The van der Waals surface area contributed by atoms with Crippen LogP contribution in [0, 0.1) is 0 Å². The number of amides is 2. The monoisotopic (exact) mass is 421 g/mol. The molecule has 1 heterocycles. The molecule has 0 aromatic heterocycles.